The molecule has 2 aromatic heterocycles. The number of benzene rings is 2. The molecule has 1 fully saturated rings. The lowest BCUT2D eigenvalue weighted by Crippen LogP contribution is -2.28. The van der Waals surface area contributed by atoms with E-state index in [-0.39, 0.29) is 10.6 Å². The minimum absolute atomic E-state index is 0.0325. The first-order chi connectivity index (χ1) is 17.9. The van der Waals surface area contributed by atoms with Gasteiger partial charge in [-0.05, 0) is 39.1 Å². The Kier molecular flexibility index (Phi) is 6.62. The molecule has 0 aliphatic heterocycles. The van der Waals surface area contributed by atoms with Crippen molar-refractivity contribution < 1.29 is 9.66 Å². The minimum Gasteiger partial charge on any atom is -0.494 e. The molecule has 0 radical (unpaired) electrons. The van der Waals surface area contributed by atoms with Gasteiger partial charge in [-0.3, -0.25) is 14.8 Å². The number of methoxy groups -OCH3 is 1. The van der Waals surface area contributed by atoms with Crippen molar-refractivity contribution in [2.24, 2.45) is 0 Å². The van der Waals surface area contributed by atoms with Gasteiger partial charge >= 0.3 is 0 Å². The molecule has 1 saturated carbocycles. The van der Waals surface area contributed by atoms with E-state index in [0.29, 0.717) is 41.4 Å². The molecule has 192 valence electrons. The van der Waals surface area contributed by atoms with E-state index in [1.54, 1.807) is 12.3 Å². The number of rotatable bonds is 10. The summed E-state index contributed by atoms with van der Waals surface area (Å²) in [6.45, 7) is 1.37. The van der Waals surface area contributed by atoms with Crippen LogP contribution in [-0.2, 0) is 0 Å². The first-order valence-corrected chi connectivity index (χ1v) is 12.2. The molecule has 0 spiro atoms. The van der Waals surface area contributed by atoms with E-state index >= 15 is 0 Å². The number of nitrogens with zero attached hydrogens (tertiary/aromatic N) is 7. The zero-order valence-corrected chi connectivity index (χ0v) is 21.4. The lowest BCUT2D eigenvalue weighted by Gasteiger charge is -2.22. The molecule has 1 aliphatic carbocycles. The van der Waals surface area contributed by atoms with Gasteiger partial charge in [-0.15, -0.1) is 0 Å². The summed E-state index contributed by atoms with van der Waals surface area (Å²) in [5.74, 6) is 0.749. The summed E-state index contributed by atoms with van der Waals surface area (Å²) in [5.41, 5.74) is 3.38. The summed E-state index contributed by atoms with van der Waals surface area (Å²) in [5, 5.41) is 21.0. The van der Waals surface area contributed by atoms with Crippen LogP contribution in [0.25, 0.3) is 22.3 Å². The summed E-state index contributed by atoms with van der Waals surface area (Å²) in [6.07, 6.45) is 3.90. The maximum Gasteiger partial charge on any atom is 0.294 e. The van der Waals surface area contributed by atoms with Crippen molar-refractivity contribution in [2.75, 3.05) is 51.6 Å². The standard InChI is InChI=1S/C26H30N8O3/c1-31(2)13-14-32(3)22-16-24(37-4)20(15-23(22)34(35)36)29-26-27-12-11-19(28-26)25-18-7-5-6-8-21(18)33(30-25)17-9-10-17/h5-8,11-12,15-17H,9-10,13-14H2,1-4H3,(H,27,28,29). The number of anilines is 3. The molecule has 0 bridgehead atoms. The van der Waals surface area contributed by atoms with Gasteiger partial charge in [-0.1, -0.05) is 18.2 Å². The number of aromatic nitrogens is 4. The average molecular weight is 503 g/mol. The fourth-order valence-corrected chi connectivity index (χ4v) is 4.29. The zero-order chi connectivity index (χ0) is 26.1. The van der Waals surface area contributed by atoms with Crippen LogP contribution in [-0.4, -0.2) is 70.9 Å². The molecule has 11 nitrogen and oxygen atoms in total. The van der Waals surface area contributed by atoms with Crippen LogP contribution in [0, 0.1) is 10.1 Å². The van der Waals surface area contributed by atoms with Crippen molar-refractivity contribution >= 4 is 33.9 Å². The van der Waals surface area contributed by atoms with E-state index < -0.39 is 0 Å². The molecule has 2 aromatic carbocycles. The Morgan fingerprint density at radius 2 is 1.95 bits per heavy atom. The number of para-hydroxylation sites is 1. The molecule has 0 saturated heterocycles. The smallest absolute Gasteiger partial charge is 0.294 e. The SMILES string of the molecule is COc1cc(N(C)CCN(C)C)c([N+](=O)[O-])cc1Nc1nccc(-c2nn(C3CC3)c3ccccc23)n1. The fourth-order valence-electron chi connectivity index (χ4n) is 4.29. The molecular formula is C26H30N8O3. The number of nitro benzene ring substituents is 1. The van der Waals surface area contributed by atoms with Crippen molar-refractivity contribution in [1.82, 2.24) is 24.6 Å². The van der Waals surface area contributed by atoms with Crippen LogP contribution < -0.4 is 15.0 Å². The number of ether oxygens (including phenoxy) is 1. The highest BCUT2D eigenvalue weighted by Crippen LogP contribution is 2.40. The molecule has 0 unspecified atom stereocenters. The van der Waals surface area contributed by atoms with Crippen molar-refractivity contribution in [2.45, 2.75) is 18.9 Å². The summed E-state index contributed by atoms with van der Waals surface area (Å²) in [6, 6.07) is 13.5. The normalized spacial score (nSPS) is 13.2. The van der Waals surface area contributed by atoms with Gasteiger partial charge in [0.25, 0.3) is 5.69 Å². The van der Waals surface area contributed by atoms with E-state index in [1.165, 1.54) is 13.2 Å². The summed E-state index contributed by atoms with van der Waals surface area (Å²) in [7, 11) is 7.28. The summed E-state index contributed by atoms with van der Waals surface area (Å²) in [4.78, 5) is 24.5. The van der Waals surface area contributed by atoms with E-state index in [4.69, 9.17) is 14.8 Å². The Labute approximate surface area is 214 Å². The molecule has 0 amide bonds. The Balaban J connectivity index is 1.49. The van der Waals surface area contributed by atoms with E-state index in [2.05, 4.69) is 21.0 Å². The average Bonchev–Trinajstić information content (AvgIpc) is 3.67. The predicted molar refractivity (Wildman–Crippen MR) is 144 cm³/mol. The van der Waals surface area contributed by atoms with Gasteiger partial charge in [0.05, 0.1) is 35.0 Å². The van der Waals surface area contributed by atoms with E-state index in [1.807, 2.05) is 55.2 Å². The number of likely N-dealkylation sites (N-methyl/N-ethyl adjacent to an activating group) is 2. The molecule has 2 heterocycles. The van der Waals surface area contributed by atoms with Gasteiger partial charge < -0.3 is 19.9 Å². The van der Waals surface area contributed by atoms with Gasteiger partial charge in [0.1, 0.15) is 17.1 Å². The van der Waals surface area contributed by atoms with Gasteiger partial charge in [0, 0.05) is 43.9 Å². The lowest BCUT2D eigenvalue weighted by molar-refractivity contribution is -0.384. The van der Waals surface area contributed by atoms with Crippen LogP contribution in [0.5, 0.6) is 5.75 Å². The van der Waals surface area contributed by atoms with Crippen molar-refractivity contribution in [3.05, 3.63) is 58.8 Å². The monoisotopic (exact) mass is 502 g/mol. The number of nitrogens with one attached hydrogen (secondary N) is 1. The molecule has 1 aliphatic rings. The van der Waals surface area contributed by atoms with Crippen LogP contribution in [0.4, 0.5) is 23.0 Å². The first-order valence-electron chi connectivity index (χ1n) is 12.2. The molecule has 0 atom stereocenters. The minimum atomic E-state index is -0.389. The van der Waals surface area contributed by atoms with Crippen molar-refractivity contribution in [1.29, 1.82) is 0 Å². The largest absolute Gasteiger partial charge is 0.494 e. The van der Waals surface area contributed by atoms with Gasteiger partial charge in [0.2, 0.25) is 5.95 Å². The highest BCUT2D eigenvalue weighted by molar-refractivity contribution is 5.92. The first kappa shape index (κ1) is 24.4. The highest BCUT2D eigenvalue weighted by atomic mass is 16.6. The maximum atomic E-state index is 12.0. The highest BCUT2D eigenvalue weighted by Gasteiger charge is 2.28. The number of hydrogen-bond acceptors (Lipinski definition) is 9. The van der Waals surface area contributed by atoms with Gasteiger partial charge in [-0.2, -0.15) is 5.10 Å². The summed E-state index contributed by atoms with van der Waals surface area (Å²) < 4.78 is 7.67. The van der Waals surface area contributed by atoms with Crippen molar-refractivity contribution in [3.63, 3.8) is 0 Å². The van der Waals surface area contributed by atoms with Crippen molar-refractivity contribution in [3.8, 4) is 17.1 Å². The Bertz CT molecular complexity index is 1450. The zero-order valence-electron chi connectivity index (χ0n) is 21.4. The number of fused-ring (bicyclic) bond motifs is 1. The number of nitro groups is 1. The molecule has 11 heteroatoms. The third-order valence-corrected chi connectivity index (χ3v) is 6.44. The predicted octanol–water partition coefficient (Wildman–Crippen LogP) is 4.49. The molecule has 5 rings (SSSR count). The van der Waals surface area contributed by atoms with Crippen LogP contribution in [0.3, 0.4) is 0 Å². The van der Waals surface area contributed by atoms with E-state index in [0.717, 1.165) is 36.0 Å². The molecular weight excluding hydrogens is 472 g/mol. The molecule has 1 N–H and O–H groups in total. The molecule has 37 heavy (non-hydrogen) atoms. The Morgan fingerprint density at radius 1 is 1.16 bits per heavy atom. The van der Waals surface area contributed by atoms with Crippen LogP contribution >= 0.6 is 0 Å². The lowest BCUT2D eigenvalue weighted by atomic mass is 10.1. The van der Waals surface area contributed by atoms with E-state index in [9.17, 15) is 10.1 Å². The van der Waals surface area contributed by atoms with Gasteiger partial charge in [-0.25, -0.2) is 9.97 Å². The van der Waals surface area contributed by atoms with Crippen LogP contribution in [0.15, 0.2) is 48.7 Å². The number of hydrogen-bond donors (Lipinski definition) is 1. The second-order valence-corrected chi connectivity index (χ2v) is 9.46. The summed E-state index contributed by atoms with van der Waals surface area (Å²) >= 11 is 0. The Hall–Kier alpha value is -4.25. The fraction of sp³-hybridized carbons (Fsp3) is 0.346. The topological polar surface area (TPSA) is 114 Å². The van der Waals surface area contributed by atoms with Gasteiger partial charge in [0.15, 0.2) is 0 Å². The second kappa shape index (κ2) is 10.0. The molecule has 4 aromatic rings. The van der Waals surface area contributed by atoms with Crippen LogP contribution in [0.2, 0.25) is 0 Å². The second-order valence-electron chi connectivity index (χ2n) is 9.46. The third kappa shape index (κ3) is 5.03. The third-order valence-electron chi connectivity index (χ3n) is 6.44. The van der Waals surface area contributed by atoms with Crippen LogP contribution in [0.1, 0.15) is 18.9 Å². The Morgan fingerprint density at radius 3 is 2.65 bits per heavy atom. The quantitative estimate of drug-likeness (QED) is 0.247. The maximum absolute atomic E-state index is 12.0.